The van der Waals surface area contributed by atoms with Gasteiger partial charge in [-0.2, -0.15) is 0 Å². The summed E-state index contributed by atoms with van der Waals surface area (Å²) in [6, 6.07) is 9.80. The summed E-state index contributed by atoms with van der Waals surface area (Å²) in [6.45, 7) is 1.73. The predicted octanol–water partition coefficient (Wildman–Crippen LogP) is 3.53. The molecule has 1 amide bonds. The van der Waals surface area contributed by atoms with Gasteiger partial charge in [0.2, 0.25) is 5.91 Å². The van der Waals surface area contributed by atoms with Crippen molar-refractivity contribution in [2.75, 3.05) is 13.2 Å². The smallest absolute Gasteiger partial charge is 0.242 e. The first-order valence-corrected chi connectivity index (χ1v) is 11.2. The van der Waals surface area contributed by atoms with Crippen molar-refractivity contribution >= 4 is 5.91 Å². The van der Waals surface area contributed by atoms with E-state index in [-0.39, 0.29) is 11.9 Å². The molecule has 1 aliphatic heterocycles. The number of aromatic nitrogens is 3. The SMILES string of the molecule is O=C(NC1CCCC1)C1c2cnccc2OCCN1Cc1ccccc1-c1cnccn1. The Balaban J connectivity index is 1.49. The van der Waals surface area contributed by atoms with Crippen molar-refractivity contribution in [3.05, 3.63) is 72.4 Å². The third-order valence-electron chi connectivity index (χ3n) is 6.29. The predicted molar refractivity (Wildman–Crippen MR) is 121 cm³/mol. The highest BCUT2D eigenvalue weighted by atomic mass is 16.5. The van der Waals surface area contributed by atoms with Crippen molar-refractivity contribution in [3.8, 4) is 17.0 Å². The highest BCUT2D eigenvalue weighted by Gasteiger charge is 2.34. The van der Waals surface area contributed by atoms with Crippen LogP contribution >= 0.6 is 0 Å². The van der Waals surface area contributed by atoms with E-state index >= 15 is 0 Å². The summed E-state index contributed by atoms with van der Waals surface area (Å²) in [5.74, 6) is 0.755. The molecule has 1 N–H and O–H groups in total. The van der Waals surface area contributed by atoms with Gasteiger partial charge in [0.15, 0.2) is 0 Å². The van der Waals surface area contributed by atoms with Crippen molar-refractivity contribution in [3.63, 3.8) is 0 Å². The van der Waals surface area contributed by atoms with Crippen molar-refractivity contribution in [1.29, 1.82) is 0 Å². The quantitative estimate of drug-likeness (QED) is 0.668. The molecule has 1 aliphatic carbocycles. The third-order valence-corrected chi connectivity index (χ3v) is 6.29. The highest BCUT2D eigenvalue weighted by Crippen LogP contribution is 2.34. The van der Waals surface area contributed by atoms with Gasteiger partial charge in [-0.05, 0) is 24.5 Å². The zero-order valence-electron chi connectivity index (χ0n) is 18.0. The average molecular weight is 430 g/mol. The van der Waals surface area contributed by atoms with Crippen LogP contribution in [0.2, 0.25) is 0 Å². The molecule has 3 aromatic rings. The molecule has 2 aliphatic rings. The fraction of sp³-hybridized carbons (Fsp3) is 0.360. The van der Waals surface area contributed by atoms with E-state index in [1.54, 1.807) is 31.0 Å². The fourth-order valence-electron chi connectivity index (χ4n) is 4.72. The summed E-state index contributed by atoms with van der Waals surface area (Å²) in [4.78, 5) is 28.8. The molecule has 0 saturated heterocycles. The van der Waals surface area contributed by atoms with E-state index in [0.29, 0.717) is 19.7 Å². The molecule has 0 bridgehead atoms. The Morgan fingerprint density at radius 3 is 2.75 bits per heavy atom. The number of nitrogens with one attached hydrogen (secondary N) is 1. The van der Waals surface area contributed by atoms with Crippen LogP contribution in [0.3, 0.4) is 0 Å². The topological polar surface area (TPSA) is 80.2 Å². The van der Waals surface area contributed by atoms with Crippen molar-refractivity contribution in [2.24, 2.45) is 0 Å². The Morgan fingerprint density at radius 1 is 1.06 bits per heavy atom. The van der Waals surface area contributed by atoms with Gasteiger partial charge in [-0.15, -0.1) is 0 Å². The number of carbonyl (C=O) groups is 1. The van der Waals surface area contributed by atoms with E-state index in [2.05, 4.69) is 37.3 Å². The minimum absolute atomic E-state index is 0.0219. The van der Waals surface area contributed by atoms with Crippen LogP contribution in [-0.2, 0) is 11.3 Å². The first-order chi connectivity index (χ1) is 15.8. The number of hydrogen-bond donors (Lipinski definition) is 1. The monoisotopic (exact) mass is 429 g/mol. The van der Waals surface area contributed by atoms with Crippen LogP contribution in [0.5, 0.6) is 5.75 Å². The van der Waals surface area contributed by atoms with Crippen molar-refractivity contribution in [1.82, 2.24) is 25.2 Å². The fourth-order valence-corrected chi connectivity index (χ4v) is 4.72. The minimum Gasteiger partial charge on any atom is -0.492 e. The van der Waals surface area contributed by atoms with Gasteiger partial charge in [0.05, 0.1) is 11.9 Å². The standard InChI is InChI=1S/C25H27N5O2/c31-25(29-19-6-2-3-7-19)24-21-15-26-10-9-23(21)32-14-13-30(24)17-18-5-1-4-8-20(18)22-16-27-11-12-28-22/h1,4-5,8-12,15-16,19,24H,2-3,6-7,13-14,17H2,(H,29,31). The number of benzene rings is 1. The number of carbonyl (C=O) groups excluding carboxylic acids is 1. The number of pyridine rings is 1. The maximum absolute atomic E-state index is 13.6. The van der Waals surface area contributed by atoms with Crippen LogP contribution in [0.4, 0.5) is 0 Å². The minimum atomic E-state index is -0.461. The second-order valence-electron chi connectivity index (χ2n) is 8.37. The molecule has 5 rings (SSSR count). The molecule has 1 aromatic carbocycles. The first-order valence-electron chi connectivity index (χ1n) is 11.2. The zero-order valence-corrected chi connectivity index (χ0v) is 18.0. The molecule has 1 unspecified atom stereocenters. The molecule has 7 heteroatoms. The van der Waals surface area contributed by atoms with Crippen LogP contribution in [0.1, 0.15) is 42.9 Å². The van der Waals surface area contributed by atoms with Gasteiger partial charge in [-0.3, -0.25) is 24.6 Å². The summed E-state index contributed by atoms with van der Waals surface area (Å²) in [5, 5.41) is 3.29. The largest absolute Gasteiger partial charge is 0.492 e. The number of amides is 1. The van der Waals surface area contributed by atoms with E-state index in [9.17, 15) is 4.79 Å². The zero-order chi connectivity index (χ0) is 21.8. The van der Waals surface area contributed by atoms with Crippen LogP contribution < -0.4 is 10.1 Å². The third kappa shape index (κ3) is 4.34. The van der Waals surface area contributed by atoms with Crippen LogP contribution in [-0.4, -0.2) is 45.0 Å². The summed E-state index contributed by atoms with van der Waals surface area (Å²) < 4.78 is 6.00. The number of rotatable bonds is 5. The Hall–Kier alpha value is -3.32. The lowest BCUT2D eigenvalue weighted by Gasteiger charge is -2.30. The molecule has 2 aromatic heterocycles. The lowest BCUT2D eigenvalue weighted by atomic mass is 10.0. The number of ether oxygens (including phenoxy) is 1. The van der Waals surface area contributed by atoms with E-state index in [4.69, 9.17) is 4.74 Å². The summed E-state index contributed by atoms with van der Waals surface area (Å²) in [5.41, 5.74) is 3.76. The molecule has 7 nitrogen and oxygen atoms in total. The Kier molecular flexibility index (Phi) is 6.07. The normalized spacial score (nSPS) is 19.1. The first kappa shape index (κ1) is 20.6. The van der Waals surface area contributed by atoms with E-state index in [1.807, 2.05) is 18.2 Å². The van der Waals surface area contributed by atoms with Crippen LogP contribution in [0.15, 0.2) is 61.3 Å². The summed E-state index contributed by atoms with van der Waals surface area (Å²) >= 11 is 0. The molecular weight excluding hydrogens is 402 g/mol. The van der Waals surface area contributed by atoms with Crippen LogP contribution in [0, 0.1) is 0 Å². The lowest BCUT2D eigenvalue weighted by molar-refractivity contribution is -0.127. The molecule has 0 spiro atoms. The van der Waals surface area contributed by atoms with Gasteiger partial charge in [0.25, 0.3) is 0 Å². The Morgan fingerprint density at radius 2 is 1.91 bits per heavy atom. The van der Waals surface area contributed by atoms with E-state index in [1.165, 1.54) is 12.8 Å². The van der Waals surface area contributed by atoms with E-state index < -0.39 is 6.04 Å². The second kappa shape index (κ2) is 9.44. The van der Waals surface area contributed by atoms with Gasteiger partial charge < -0.3 is 10.1 Å². The highest BCUT2D eigenvalue weighted by molar-refractivity contribution is 5.84. The second-order valence-corrected chi connectivity index (χ2v) is 8.37. The number of nitrogens with zero attached hydrogens (tertiary/aromatic N) is 4. The molecule has 1 fully saturated rings. The number of hydrogen-bond acceptors (Lipinski definition) is 6. The van der Waals surface area contributed by atoms with Gasteiger partial charge in [0, 0.05) is 55.0 Å². The molecule has 1 atom stereocenters. The molecule has 32 heavy (non-hydrogen) atoms. The van der Waals surface area contributed by atoms with Gasteiger partial charge >= 0.3 is 0 Å². The Labute approximate surface area is 187 Å². The summed E-state index contributed by atoms with van der Waals surface area (Å²) in [6.07, 6.45) is 13.1. The summed E-state index contributed by atoms with van der Waals surface area (Å²) in [7, 11) is 0. The molecule has 0 radical (unpaired) electrons. The van der Waals surface area contributed by atoms with Gasteiger partial charge in [-0.25, -0.2) is 0 Å². The molecule has 1 saturated carbocycles. The maximum Gasteiger partial charge on any atom is 0.242 e. The van der Waals surface area contributed by atoms with Crippen LogP contribution in [0.25, 0.3) is 11.3 Å². The lowest BCUT2D eigenvalue weighted by Crippen LogP contribution is -2.44. The van der Waals surface area contributed by atoms with Crippen molar-refractivity contribution in [2.45, 2.75) is 44.3 Å². The van der Waals surface area contributed by atoms with E-state index in [0.717, 1.165) is 41.0 Å². The van der Waals surface area contributed by atoms with Gasteiger partial charge in [0.1, 0.15) is 18.4 Å². The molecule has 3 heterocycles. The molecular formula is C25H27N5O2. The average Bonchev–Trinajstić information content (AvgIpc) is 3.27. The van der Waals surface area contributed by atoms with Crippen molar-refractivity contribution < 1.29 is 9.53 Å². The van der Waals surface area contributed by atoms with Gasteiger partial charge in [-0.1, -0.05) is 37.1 Å². The Bertz CT molecular complexity index is 1070. The molecule has 164 valence electrons. The number of fused-ring (bicyclic) bond motifs is 1. The maximum atomic E-state index is 13.6.